The molecule has 0 aliphatic carbocycles. The molecular weight excluding hydrogens is 245 g/mol. The van der Waals surface area contributed by atoms with E-state index in [1.165, 1.54) is 12.1 Å². The lowest BCUT2D eigenvalue weighted by molar-refractivity contribution is 0.138. The predicted molar refractivity (Wildman–Crippen MR) is 73.0 cm³/mol. The summed E-state index contributed by atoms with van der Waals surface area (Å²) in [7, 11) is 1.89. The van der Waals surface area contributed by atoms with Crippen LogP contribution in [0.5, 0.6) is 0 Å². The van der Waals surface area contributed by atoms with Gasteiger partial charge in [-0.1, -0.05) is 17.9 Å². The van der Waals surface area contributed by atoms with Crippen molar-refractivity contribution < 1.29 is 14.6 Å². The molecule has 104 valence electrons. The van der Waals surface area contributed by atoms with Crippen molar-refractivity contribution in [3.05, 3.63) is 35.1 Å². The Hall–Kier alpha value is -1.41. The van der Waals surface area contributed by atoms with Gasteiger partial charge in [0.25, 0.3) is 0 Å². The Bertz CT molecular complexity index is 463. The fraction of sp³-hybridized carbons (Fsp3) is 0.467. The zero-order valence-electron chi connectivity index (χ0n) is 11.4. The molecule has 0 aliphatic rings. The van der Waals surface area contributed by atoms with Crippen molar-refractivity contribution in [3.8, 4) is 11.8 Å². The van der Waals surface area contributed by atoms with Crippen LogP contribution in [0.4, 0.5) is 4.39 Å². The lowest BCUT2D eigenvalue weighted by Crippen LogP contribution is -2.27. The molecule has 1 rings (SSSR count). The van der Waals surface area contributed by atoms with Gasteiger partial charge in [-0.2, -0.15) is 0 Å². The van der Waals surface area contributed by atoms with Crippen LogP contribution in [-0.4, -0.2) is 41.4 Å². The van der Waals surface area contributed by atoms with Gasteiger partial charge in [0.15, 0.2) is 0 Å². The summed E-state index contributed by atoms with van der Waals surface area (Å²) in [6.07, 6.45) is -0.0335. The number of nitrogens with zero attached hydrogens (tertiary/aromatic N) is 1. The van der Waals surface area contributed by atoms with E-state index in [0.29, 0.717) is 25.1 Å². The molecule has 0 amide bonds. The summed E-state index contributed by atoms with van der Waals surface area (Å²) in [5.41, 5.74) is 1.54. The third kappa shape index (κ3) is 5.84. The van der Waals surface area contributed by atoms with Crippen LogP contribution in [0.3, 0.4) is 0 Å². The summed E-state index contributed by atoms with van der Waals surface area (Å²) in [4.78, 5) is 1.95. The zero-order chi connectivity index (χ0) is 14.3. The van der Waals surface area contributed by atoms with Crippen molar-refractivity contribution in [3.63, 3.8) is 0 Å². The number of benzene rings is 1. The van der Waals surface area contributed by atoms with Gasteiger partial charge in [0.1, 0.15) is 5.82 Å². The third-order valence-electron chi connectivity index (χ3n) is 2.55. The summed E-state index contributed by atoms with van der Waals surface area (Å²) in [6, 6.07) is 4.51. The number of aliphatic hydroxyl groups excluding tert-OH is 2. The van der Waals surface area contributed by atoms with Gasteiger partial charge in [-0.25, -0.2) is 4.39 Å². The maximum Gasteiger partial charge on any atom is 0.124 e. The Morgan fingerprint density at radius 2 is 2.16 bits per heavy atom. The Balaban J connectivity index is 2.85. The smallest absolute Gasteiger partial charge is 0.124 e. The summed E-state index contributed by atoms with van der Waals surface area (Å²) >= 11 is 0. The maximum absolute atomic E-state index is 13.2. The average molecular weight is 265 g/mol. The quantitative estimate of drug-likeness (QED) is 0.790. The van der Waals surface area contributed by atoms with E-state index in [2.05, 4.69) is 11.8 Å². The molecule has 4 heteroatoms. The molecule has 0 aliphatic heterocycles. The van der Waals surface area contributed by atoms with Gasteiger partial charge in [0.2, 0.25) is 0 Å². The van der Waals surface area contributed by atoms with Crippen LogP contribution in [0.1, 0.15) is 24.5 Å². The van der Waals surface area contributed by atoms with E-state index in [9.17, 15) is 9.50 Å². The molecule has 0 bridgehead atoms. The molecule has 0 heterocycles. The van der Waals surface area contributed by atoms with E-state index in [-0.39, 0.29) is 12.4 Å². The van der Waals surface area contributed by atoms with Gasteiger partial charge >= 0.3 is 0 Å². The standard InChI is InChI=1S/C15H20FNO2/c1-12(19)10-17(2)11-14-6-7-15(16)9-13(14)5-3-4-8-18/h6-7,9,12,18-19H,4,8,10-11H2,1-2H3. The minimum Gasteiger partial charge on any atom is -0.395 e. The van der Waals surface area contributed by atoms with Crippen LogP contribution in [-0.2, 0) is 6.54 Å². The van der Waals surface area contributed by atoms with Crippen molar-refractivity contribution in [1.29, 1.82) is 0 Å². The topological polar surface area (TPSA) is 43.7 Å². The monoisotopic (exact) mass is 265 g/mol. The molecule has 1 aromatic carbocycles. The van der Waals surface area contributed by atoms with Gasteiger partial charge < -0.3 is 10.2 Å². The molecule has 1 atom stereocenters. The molecule has 0 saturated heterocycles. The van der Waals surface area contributed by atoms with Gasteiger partial charge in [-0.3, -0.25) is 4.90 Å². The van der Waals surface area contributed by atoms with E-state index in [0.717, 1.165) is 5.56 Å². The van der Waals surface area contributed by atoms with Crippen LogP contribution in [0.15, 0.2) is 18.2 Å². The fourth-order valence-electron chi connectivity index (χ4n) is 1.82. The molecule has 19 heavy (non-hydrogen) atoms. The molecule has 0 radical (unpaired) electrons. The van der Waals surface area contributed by atoms with Crippen molar-refractivity contribution >= 4 is 0 Å². The largest absolute Gasteiger partial charge is 0.395 e. The van der Waals surface area contributed by atoms with Gasteiger partial charge in [-0.15, -0.1) is 0 Å². The summed E-state index contributed by atoms with van der Waals surface area (Å²) in [6.45, 7) is 2.86. The highest BCUT2D eigenvalue weighted by Gasteiger charge is 2.07. The fourth-order valence-corrected chi connectivity index (χ4v) is 1.82. The van der Waals surface area contributed by atoms with Crippen LogP contribution in [0.2, 0.25) is 0 Å². The average Bonchev–Trinajstić information content (AvgIpc) is 2.32. The van der Waals surface area contributed by atoms with Crippen LogP contribution >= 0.6 is 0 Å². The highest BCUT2D eigenvalue weighted by Crippen LogP contribution is 2.12. The SMILES string of the molecule is CC(O)CN(C)Cc1ccc(F)cc1C#CCCO. The first-order chi connectivity index (χ1) is 9.02. The molecule has 2 N–H and O–H groups in total. The van der Waals surface area contributed by atoms with Crippen LogP contribution < -0.4 is 0 Å². The molecule has 1 unspecified atom stereocenters. The Morgan fingerprint density at radius 3 is 2.79 bits per heavy atom. The number of hydrogen-bond donors (Lipinski definition) is 2. The van der Waals surface area contributed by atoms with E-state index >= 15 is 0 Å². The molecule has 0 aromatic heterocycles. The first-order valence-corrected chi connectivity index (χ1v) is 6.27. The lowest BCUT2D eigenvalue weighted by Gasteiger charge is -2.19. The Kier molecular flexibility index (Phi) is 6.51. The van der Waals surface area contributed by atoms with Crippen LogP contribution in [0.25, 0.3) is 0 Å². The summed E-state index contributed by atoms with van der Waals surface area (Å²) in [5.74, 6) is 5.35. The van der Waals surface area contributed by atoms with Crippen molar-refractivity contribution in [2.45, 2.75) is 26.0 Å². The zero-order valence-corrected chi connectivity index (χ0v) is 11.4. The minimum absolute atomic E-state index is 0.000418. The van der Waals surface area contributed by atoms with Crippen molar-refractivity contribution in [2.24, 2.45) is 0 Å². The highest BCUT2D eigenvalue weighted by atomic mass is 19.1. The summed E-state index contributed by atoms with van der Waals surface area (Å²) in [5, 5.41) is 18.0. The third-order valence-corrected chi connectivity index (χ3v) is 2.55. The molecule has 0 fully saturated rings. The van der Waals surface area contributed by atoms with E-state index in [1.807, 2.05) is 11.9 Å². The maximum atomic E-state index is 13.2. The van der Waals surface area contributed by atoms with Gasteiger partial charge in [-0.05, 0) is 31.7 Å². The number of halogens is 1. The second kappa shape index (κ2) is 7.90. The molecule has 3 nitrogen and oxygen atoms in total. The first-order valence-electron chi connectivity index (χ1n) is 6.27. The number of rotatable bonds is 5. The van der Waals surface area contributed by atoms with Gasteiger partial charge in [0.05, 0.1) is 12.7 Å². The second-order valence-corrected chi connectivity index (χ2v) is 4.62. The van der Waals surface area contributed by atoms with E-state index in [1.54, 1.807) is 13.0 Å². The number of likely N-dealkylation sites (N-methyl/N-ethyl adjacent to an activating group) is 1. The van der Waals surface area contributed by atoms with Crippen LogP contribution in [0, 0.1) is 17.7 Å². The van der Waals surface area contributed by atoms with E-state index < -0.39 is 6.10 Å². The van der Waals surface area contributed by atoms with Crippen molar-refractivity contribution in [2.75, 3.05) is 20.2 Å². The Labute approximate surface area is 113 Å². The Morgan fingerprint density at radius 1 is 1.42 bits per heavy atom. The highest BCUT2D eigenvalue weighted by molar-refractivity contribution is 5.41. The summed E-state index contributed by atoms with van der Waals surface area (Å²) < 4.78 is 13.2. The van der Waals surface area contributed by atoms with E-state index in [4.69, 9.17) is 5.11 Å². The molecule has 0 saturated carbocycles. The lowest BCUT2D eigenvalue weighted by atomic mass is 10.1. The first kappa shape index (κ1) is 15.6. The van der Waals surface area contributed by atoms with Gasteiger partial charge in [0, 0.05) is 25.1 Å². The predicted octanol–water partition coefficient (Wildman–Crippen LogP) is 1.37. The minimum atomic E-state index is -0.408. The second-order valence-electron chi connectivity index (χ2n) is 4.62. The normalized spacial score (nSPS) is 12.1. The number of aliphatic hydroxyl groups is 2. The molecule has 0 spiro atoms. The molecule has 1 aromatic rings. The molecular formula is C15H20FNO2. The number of hydrogen-bond acceptors (Lipinski definition) is 3. The van der Waals surface area contributed by atoms with Crippen molar-refractivity contribution in [1.82, 2.24) is 4.90 Å².